The maximum Gasteiger partial charge on any atom is 0.276 e. The van der Waals surface area contributed by atoms with Crippen molar-refractivity contribution >= 4 is 17.2 Å². The van der Waals surface area contributed by atoms with Crippen molar-refractivity contribution in [2.24, 2.45) is 5.41 Å². The van der Waals surface area contributed by atoms with Gasteiger partial charge in [0.25, 0.3) is 11.5 Å². The second kappa shape index (κ2) is 6.40. The van der Waals surface area contributed by atoms with Crippen LogP contribution in [0.5, 0.6) is 0 Å². The Morgan fingerprint density at radius 1 is 1.21 bits per heavy atom. The number of amides is 1. The van der Waals surface area contributed by atoms with E-state index in [4.69, 9.17) is 0 Å². The highest BCUT2D eigenvalue weighted by Gasteiger charge is 2.44. The first kappa shape index (κ1) is 17.8. The number of rotatable bonds is 2. The maximum absolute atomic E-state index is 13.1. The standard InChI is InChI=1S/C20H22N6O3/c1-13-14(18(29)24-10-7-20(8-11-24)6-2-5-16(20)27)12-21-26(13)19-22-17(28)15-4-3-9-25(15)23-19/h3-4,9,12H,2,5-8,10-11H2,1H3,(H,22,23,28). The summed E-state index contributed by atoms with van der Waals surface area (Å²) in [4.78, 5) is 42.1. The number of carbonyl (C=O) groups excluding carboxylic acids is 2. The largest absolute Gasteiger partial charge is 0.338 e. The number of hydrogen-bond acceptors (Lipinski definition) is 5. The van der Waals surface area contributed by atoms with Gasteiger partial charge in [-0.2, -0.15) is 5.10 Å². The van der Waals surface area contributed by atoms with Crippen LogP contribution in [-0.4, -0.2) is 54.1 Å². The van der Waals surface area contributed by atoms with Crippen molar-refractivity contribution in [1.29, 1.82) is 0 Å². The molecule has 2 fully saturated rings. The molecule has 1 saturated carbocycles. The second-order valence-corrected chi connectivity index (χ2v) is 8.02. The van der Waals surface area contributed by atoms with E-state index < -0.39 is 0 Å². The first-order valence-electron chi connectivity index (χ1n) is 9.94. The van der Waals surface area contributed by atoms with Gasteiger partial charge in [-0.05, 0) is 44.7 Å². The summed E-state index contributed by atoms with van der Waals surface area (Å²) in [6, 6.07) is 3.42. The number of ketones is 1. The predicted octanol–water partition coefficient (Wildman–Crippen LogP) is 1.49. The molecule has 0 atom stereocenters. The Kier molecular flexibility index (Phi) is 3.94. The minimum Gasteiger partial charge on any atom is -0.338 e. The van der Waals surface area contributed by atoms with E-state index in [-0.39, 0.29) is 22.8 Å². The molecule has 1 N–H and O–H groups in total. The van der Waals surface area contributed by atoms with E-state index in [1.807, 2.05) is 0 Å². The van der Waals surface area contributed by atoms with Crippen molar-refractivity contribution in [3.05, 3.63) is 46.1 Å². The number of nitrogens with zero attached hydrogens (tertiary/aromatic N) is 5. The summed E-state index contributed by atoms with van der Waals surface area (Å²) in [5, 5.41) is 8.65. The Morgan fingerprint density at radius 2 is 2.00 bits per heavy atom. The number of H-pyrrole nitrogens is 1. The molecular weight excluding hydrogens is 372 g/mol. The Bertz CT molecular complexity index is 1180. The minimum absolute atomic E-state index is 0.0987. The molecule has 3 aromatic rings. The van der Waals surface area contributed by atoms with Crippen molar-refractivity contribution in [3.63, 3.8) is 0 Å². The second-order valence-electron chi connectivity index (χ2n) is 8.02. The Morgan fingerprint density at radius 3 is 2.72 bits per heavy atom. The summed E-state index contributed by atoms with van der Waals surface area (Å²) in [5.41, 5.74) is 1.06. The summed E-state index contributed by atoms with van der Waals surface area (Å²) in [7, 11) is 0. The fourth-order valence-corrected chi connectivity index (χ4v) is 4.69. The lowest BCUT2D eigenvalue weighted by Crippen LogP contribution is -2.44. The molecule has 0 aromatic carbocycles. The van der Waals surface area contributed by atoms with Gasteiger partial charge in [-0.15, -0.1) is 5.10 Å². The Hall–Kier alpha value is -3.23. The van der Waals surface area contributed by atoms with Crippen LogP contribution >= 0.6 is 0 Å². The van der Waals surface area contributed by atoms with Gasteiger partial charge in [0.05, 0.1) is 17.5 Å². The van der Waals surface area contributed by atoms with E-state index in [0.717, 1.165) is 25.7 Å². The number of carbonyl (C=O) groups is 2. The molecule has 0 bridgehead atoms. The molecule has 1 spiro atoms. The van der Waals surface area contributed by atoms with E-state index >= 15 is 0 Å². The van der Waals surface area contributed by atoms with Crippen LogP contribution in [0.4, 0.5) is 0 Å². The summed E-state index contributed by atoms with van der Waals surface area (Å²) in [6.07, 6.45) is 7.28. The lowest BCUT2D eigenvalue weighted by molar-refractivity contribution is -0.127. The average molecular weight is 394 g/mol. The van der Waals surface area contributed by atoms with Gasteiger partial charge < -0.3 is 4.90 Å². The zero-order valence-electron chi connectivity index (χ0n) is 16.2. The van der Waals surface area contributed by atoms with E-state index in [2.05, 4.69) is 15.2 Å². The molecule has 1 saturated heterocycles. The zero-order chi connectivity index (χ0) is 20.2. The molecule has 4 heterocycles. The number of piperidine rings is 1. The smallest absolute Gasteiger partial charge is 0.276 e. The van der Waals surface area contributed by atoms with Crippen LogP contribution in [0.2, 0.25) is 0 Å². The van der Waals surface area contributed by atoms with Gasteiger partial charge in [0.15, 0.2) is 0 Å². The summed E-state index contributed by atoms with van der Waals surface area (Å²) in [5.74, 6) is 0.520. The van der Waals surface area contributed by atoms with E-state index in [1.165, 1.54) is 15.4 Å². The molecule has 29 heavy (non-hydrogen) atoms. The predicted molar refractivity (Wildman–Crippen MR) is 104 cm³/mol. The SMILES string of the molecule is Cc1c(C(=O)N2CCC3(CCCC3=O)CC2)cnn1-c1nn2cccc2c(=O)[nH]1. The third-order valence-corrected chi connectivity index (χ3v) is 6.49. The van der Waals surface area contributed by atoms with Crippen molar-refractivity contribution in [1.82, 2.24) is 29.3 Å². The topological polar surface area (TPSA) is 105 Å². The summed E-state index contributed by atoms with van der Waals surface area (Å²) >= 11 is 0. The highest BCUT2D eigenvalue weighted by atomic mass is 16.2. The Balaban J connectivity index is 1.40. The number of aromatic amines is 1. The zero-order valence-corrected chi connectivity index (χ0v) is 16.2. The van der Waals surface area contributed by atoms with Gasteiger partial charge in [0.2, 0.25) is 5.95 Å². The van der Waals surface area contributed by atoms with Crippen LogP contribution in [0.3, 0.4) is 0 Å². The van der Waals surface area contributed by atoms with Gasteiger partial charge in [0.1, 0.15) is 11.3 Å². The monoisotopic (exact) mass is 394 g/mol. The third-order valence-electron chi connectivity index (χ3n) is 6.49. The number of nitrogens with one attached hydrogen (secondary N) is 1. The fourth-order valence-electron chi connectivity index (χ4n) is 4.69. The lowest BCUT2D eigenvalue weighted by Gasteiger charge is -2.38. The molecule has 0 radical (unpaired) electrons. The number of Topliss-reactive ketones (excluding diaryl/α,β-unsaturated/α-hetero) is 1. The van der Waals surface area contributed by atoms with Crippen LogP contribution in [-0.2, 0) is 4.79 Å². The van der Waals surface area contributed by atoms with E-state index in [1.54, 1.807) is 30.2 Å². The number of likely N-dealkylation sites (tertiary alicyclic amines) is 1. The van der Waals surface area contributed by atoms with Gasteiger partial charge in [-0.3, -0.25) is 19.4 Å². The Labute approximate surface area is 166 Å². The molecule has 5 rings (SSSR count). The van der Waals surface area contributed by atoms with Crippen molar-refractivity contribution in [3.8, 4) is 5.95 Å². The van der Waals surface area contributed by atoms with Crippen LogP contribution in [0.1, 0.15) is 48.2 Å². The summed E-state index contributed by atoms with van der Waals surface area (Å²) in [6.45, 7) is 2.95. The molecule has 9 heteroatoms. The number of fused-ring (bicyclic) bond motifs is 1. The van der Waals surface area contributed by atoms with Crippen LogP contribution < -0.4 is 5.56 Å². The van der Waals surface area contributed by atoms with Crippen molar-refractivity contribution in [2.45, 2.75) is 39.0 Å². The maximum atomic E-state index is 13.1. The quantitative estimate of drug-likeness (QED) is 0.709. The van der Waals surface area contributed by atoms with E-state index in [9.17, 15) is 14.4 Å². The molecule has 150 valence electrons. The molecule has 1 aliphatic carbocycles. The van der Waals surface area contributed by atoms with Crippen LogP contribution in [0, 0.1) is 12.3 Å². The first-order chi connectivity index (χ1) is 14.0. The number of aromatic nitrogens is 5. The van der Waals surface area contributed by atoms with Gasteiger partial charge in [-0.1, -0.05) is 0 Å². The molecule has 9 nitrogen and oxygen atoms in total. The average Bonchev–Trinajstić information content (AvgIpc) is 3.42. The van der Waals surface area contributed by atoms with Crippen LogP contribution in [0.25, 0.3) is 11.5 Å². The lowest BCUT2D eigenvalue weighted by atomic mass is 9.76. The first-order valence-corrected chi connectivity index (χ1v) is 9.94. The summed E-state index contributed by atoms with van der Waals surface area (Å²) < 4.78 is 2.96. The highest BCUT2D eigenvalue weighted by molar-refractivity contribution is 5.95. The highest BCUT2D eigenvalue weighted by Crippen LogP contribution is 2.43. The molecule has 1 amide bonds. The third kappa shape index (κ3) is 2.72. The van der Waals surface area contributed by atoms with Gasteiger partial charge in [0, 0.05) is 31.1 Å². The molecule has 1 aliphatic heterocycles. The van der Waals surface area contributed by atoms with Gasteiger partial charge in [-0.25, -0.2) is 9.20 Å². The number of hydrogen-bond donors (Lipinski definition) is 1. The fraction of sp³-hybridized carbons (Fsp3) is 0.450. The van der Waals surface area contributed by atoms with Crippen molar-refractivity contribution < 1.29 is 9.59 Å². The molecular formula is C20H22N6O3. The normalized spacial score (nSPS) is 18.8. The van der Waals surface area contributed by atoms with Gasteiger partial charge >= 0.3 is 0 Å². The minimum atomic E-state index is -0.273. The molecule has 0 unspecified atom stereocenters. The van der Waals surface area contributed by atoms with Crippen LogP contribution in [0.15, 0.2) is 29.3 Å². The van der Waals surface area contributed by atoms with Crippen molar-refractivity contribution in [2.75, 3.05) is 13.1 Å². The molecule has 2 aliphatic rings. The molecule has 3 aromatic heterocycles. The van der Waals surface area contributed by atoms with E-state index in [0.29, 0.717) is 42.1 Å².